The predicted octanol–water partition coefficient (Wildman–Crippen LogP) is 3.00. The van der Waals surface area contributed by atoms with Crippen LogP contribution in [0.4, 0.5) is 20.6 Å². The number of ether oxygens (including phenoxy) is 1. The minimum atomic E-state index is -0.712. The van der Waals surface area contributed by atoms with E-state index in [4.69, 9.17) is 10.5 Å². The number of nitrogens with zero attached hydrogens (tertiary/aromatic N) is 3. The minimum Gasteiger partial charge on any atom is -0.396 e. The third-order valence-electron chi connectivity index (χ3n) is 6.43. The summed E-state index contributed by atoms with van der Waals surface area (Å²) >= 11 is 0. The number of fused-ring (bicyclic) bond motifs is 2. The highest BCUT2D eigenvalue weighted by molar-refractivity contribution is 5.98. The van der Waals surface area contributed by atoms with Gasteiger partial charge in [-0.1, -0.05) is 0 Å². The molecular weight excluding hydrogens is 439 g/mol. The molecular formula is C24H25FN6O3. The topological polar surface area (TPSA) is 122 Å². The molecule has 9 nitrogen and oxygen atoms in total. The highest BCUT2D eigenvalue weighted by Crippen LogP contribution is 2.38. The van der Waals surface area contributed by atoms with Crippen molar-refractivity contribution in [2.45, 2.75) is 32.2 Å². The number of anilines is 2. The number of carbonyl (C=O) groups excluding carboxylic acids is 2. The number of rotatable bonds is 3. The van der Waals surface area contributed by atoms with Crippen LogP contribution in [-0.4, -0.2) is 53.0 Å². The van der Waals surface area contributed by atoms with Gasteiger partial charge in [-0.25, -0.2) is 14.2 Å². The first kappa shape index (κ1) is 21.9. The molecule has 0 unspecified atom stereocenters. The van der Waals surface area contributed by atoms with E-state index in [9.17, 15) is 9.59 Å². The van der Waals surface area contributed by atoms with E-state index in [2.05, 4.69) is 20.6 Å². The normalized spacial score (nSPS) is 17.4. The number of benzene rings is 1. The average molecular weight is 465 g/mol. The first-order valence-electron chi connectivity index (χ1n) is 11.1. The van der Waals surface area contributed by atoms with Crippen molar-refractivity contribution < 1.29 is 18.7 Å². The quantitative estimate of drug-likeness (QED) is 0.509. The molecule has 1 fully saturated rings. The first-order valence-corrected chi connectivity index (χ1v) is 11.1. The Morgan fingerprint density at radius 3 is 2.88 bits per heavy atom. The molecule has 5 rings (SSSR count). The fourth-order valence-electron chi connectivity index (χ4n) is 4.60. The zero-order valence-corrected chi connectivity index (χ0v) is 18.9. The maximum atomic E-state index is 15.3. The molecule has 0 spiro atoms. The molecule has 2 aliphatic heterocycles. The zero-order valence-electron chi connectivity index (χ0n) is 18.9. The highest BCUT2D eigenvalue weighted by Gasteiger charge is 2.28. The minimum absolute atomic E-state index is 0.0337. The van der Waals surface area contributed by atoms with E-state index in [1.54, 1.807) is 30.3 Å². The van der Waals surface area contributed by atoms with Crippen molar-refractivity contribution in [1.29, 1.82) is 0 Å². The molecule has 1 aromatic carbocycles. The molecule has 4 heterocycles. The number of likely N-dealkylation sites (N-methyl/N-ethyl adjacent to an activating group) is 1. The molecule has 2 amide bonds. The van der Waals surface area contributed by atoms with Gasteiger partial charge in [-0.3, -0.25) is 9.78 Å². The second-order valence-corrected chi connectivity index (χ2v) is 8.75. The van der Waals surface area contributed by atoms with E-state index < -0.39 is 11.9 Å². The van der Waals surface area contributed by atoms with Gasteiger partial charge in [0.1, 0.15) is 0 Å². The van der Waals surface area contributed by atoms with Gasteiger partial charge < -0.3 is 26.0 Å². The number of likely N-dealkylation sites (tertiary alicyclic amines) is 1. The second-order valence-electron chi connectivity index (χ2n) is 8.75. The van der Waals surface area contributed by atoms with Crippen LogP contribution in [-0.2, 0) is 11.2 Å². The van der Waals surface area contributed by atoms with E-state index >= 15 is 4.39 Å². The fourth-order valence-corrected chi connectivity index (χ4v) is 4.60. The molecule has 34 heavy (non-hydrogen) atoms. The maximum Gasteiger partial charge on any atom is 0.414 e. The summed E-state index contributed by atoms with van der Waals surface area (Å²) in [7, 11) is 1.68. The Kier molecular flexibility index (Phi) is 5.43. The Balaban J connectivity index is 1.46. The van der Waals surface area contributed by atoms with Gasteiger partial charge in [0.05, 0.1) is 23.1 Å². The van der Waals surface area contributed by atoms with E-state index in [0.29, 0.717) is 28.4 Å². The average Bonchev–Trinajstić information content (AvgIpc) is 3.13. The Hall–Kier alpha value is -3.95. The largest absolute Gasteiger partial charge is 0.414 e. The SMILES string of the molecule is Cc1c(-c2cc3cc(OC(=O)N[C@@H]4CC(=O)N(C)C4)ncc3c(N)c2F)cnc2c1NCCC2. The van der Waals surface area contributed by atoms with Crippen LogP contribution in [0.5, 0.6) is 5.88 Å². The molecule has 176 valence electrons. The van der Waals surface area contributed by atoms with Crippen LogP contribution in [0, 0.1) is 12.7 Å². The molecule has 0 bridgehead atoms. The third kappa shape index (κ3) is 3.85. The zero-order chi connectivity index (χ0) is 24.0. The number of amides is 2. The molecule has 3 aromatic rings. The summed E-state index contributed by atoms with van der Waals surface area (Å²) in [5, 5.41) is 7.02. The summed E-state index contributed by atoms with van der Waals surface area (Å²) in [6, 6.07) is 2.88. The molecule has 0 aliphatic carbocycles. The number of aryl methyl sites for hydroxylation is 1. The number of halogens is 1. The van der Waals surface area contributed by atoms with E-state index in [1.807, 2.05) is 6.92 Å². The van der Waals surface area contributed by atoms with Crippen molar-refractivity contribution in [1.82, 2.24) is 20.2 Å². The van der Waals surface area contributed by atoms with Crippen LogP contribution in [0.2, 0.25) is 0 Å². The van der Waals surface area contributed by atoms with Gasteiger partial charge >= 0.3 is 6.09 Å². The van der Waals surface area contributed by atoms with Gasteiger partial charge in [0.25, 0.3) is 0 Å². The van der Waals surface area contributed by atoms with Gasteiger partial charge in [0.15, 0.2) is 5.82 Å². The molecule has 2 aliphatic rings. The van der Waals surface area contributed by atoms with Crippen molar-refractivity contribution in [3.8, 4) is 17.0 Å². The lowest BCUT2D eigenvalue weighted by molar-refractivity contribution is -0.126. The molecule has 10 heteroatoms. The molecule has 4 N–H and O–H groups in total. The molecule has 1 saturated heterocycles. The summed E-state index contributed by atoms with van der Waals surface area (Å²) < 4.78 is 20.6. The number of carbonyl (C=O) groups is 2. The lowest BCUT2D eigenvalue weighted by Crippen LogP contribution is -2.38. The van der Waals surface area contributed by atoms with Gasteiger partial charge in [-0.2, -0.15) is 0 Å². The summed E-state index contributed by atoms with van der Waals surface area (Å²) in [5.74, 6) is -0.542. The summed E-state index contributed by atoms with van der Waals surface area (Å²) in [5.41, 5.74) is 9.87. The van der Waals surface area contributed by atoms with Crippen molar-refractivity contribution in [2.75, 3.05) is 31.2 Å². The molecule has 1 atom stereocenters. The van der Waals surface area contributed by atoms with Crippen molar-refractivity contribution in [3.63, 3.8) is 0 Å². The van der Waals surface area contributed by atoms with Crippen LogP contribution in [0.1, 0.15) is 24.1 Å². The van der Waals surface area contributed by atoms with Crippen LogP contribution >= 0.6 is 0 Å². The van der Waals surface area contributed by atoms with Gasteiger partial charge in [-0.05, 0) is 36.8 Å². The Labute approximate surface area is 195 Å². The number of hydrogen-bond acceptors (Lipinski definition) is 7. The van der Waals surface area contributed by atoms with E-state index in [-0.39, 0.29) is 29.9 Å². The van der Waals surface area contributed by atoms with Gasteiger partial charge in [0, 0.05) is 61.5 Å². The number of nitrogens with two attached hydrogens (primary N) is 1. The van der Waals surface area contributed by atoms with Crippen LogP contribution in [0.25, 0.3) is 21.9 Å². The number of nitrogen functional groups attached to an aromatic ring is 1. The number of pyridine rings is 2. The maximum absolute atomic E-state index is 15.3. The summed E-state index contributed by atoms with van der Waals surface area (Å²) in [4.78, 5) is 34.1. The van der Waals surface area contributed by atoms with Gasteiger partial charge in [-0.15, -0.1) is 0 Å². The van der Waals surface area contributed by atoms with Crippen molar-refractivity contribution in [2.24, 2.45) is 0 Å². The van der Waals surface area contributed by atoms with Crippen LogP contribution < -0.4 is 21.1 Å². The van der Waals surface area contributed by atoms with Crippen molar-refractivity contribution >= 4 is 34.1 Å². The Bertz CT molecular complexity index is 1330. The summed E-state index contributed by atoms with van der Waals surface area (Å²) in [6.45, 7) is 3.20. The lowest BCUT2D eigenvalue weighted by Gasteiger charge is -2.21. The van der Waals surface area contributed by atoms with Crippen molar-refractivity contribution in [3.05, 3.63) is 41.6 Å². The van der Waals surface area contributed by atoms with E-state index in [1.165, 1.54) is 6.20 Å². The second kappa shape index (κ2) is 8.44. The number of aromatic nitrogens is 2. The molecule has 2 aromatic heterocycles. The number of nitrogens with one attached hydrogen (secondary N) is 2. The molecule has 0 radical (unpaired) electrons. The number of hydrogen-bond donors (Lipinski definition) is 3. The fraction of sp³-hybridized carbons (Fsp3) is 0.333. The van der Waals surface area contributed by atoms with Gasteiger partial charge in [0.2, 0.25) is 11.8 Å². The molecule has 0 saturated carbocycles. The standard InChI is InChI=1S/C24H25FN6O3/c1-12-16(9-28-18-4-3-5-27-23(12)18)15-6-13-7-19(29-10-17(13)22(26)21(15)25)34-24(33)30-14-8-20(32)31(2)11-14/h6-7,9-10,14,27H,3-5,8,11,26H2,1-2H3,(H,30,33)/t14-/m1/s1. The predicted molar refractivity (Wildman–Crippen MR) is 126 cm³/mol. The van der Waals surface area contributed by atoms with Crippen LogP contribution in [0.15, 0.2) is 24.5 Å². The van der Waals surface area contributed by atoms with E-state index in [0.717, 1.165) is 36.3 Å². The lowest BCUT2D eigenvalue weighted by atomic mass is 9.95. The monoisotopic (exact) mass is 464 g/mol. The van der Waals surface area contributed by atoms with Crippen LogP contribution in [0.3, 0.4) is 0 Å². The Morgan fingerprint density at radius 2 is 2.12 bits per heavy atom. The first-order chi connectivity index (χ1) is 16.3. The highest BCUT2D eigenvalue weighted by atomic mass is 19.1. The summed E-state index contributed by atoms with van der Waals surface area (Å²) in [6.07, 6.45) is 4.46. The Morgan fingerprint density at radius 1 is 1.29 bits per heavy atom. The third-order valence-corrected chi connectivity index (χ3v) is 6.43. The smallest absolute Gasteiger partial charge is 0.396 e.